The van der Waals surface area contributed by atoms with Gasteiger partial charge in [0.15, 0.2) is 0 Å². The van der Waals surface area contributed by atoms with Crippen LogP contribution in [0.5, 0.6) is 0 Å². The van der Waals surface area contributed by atoms with E-state index in [0.29, 0.717) is 26.2 Å². The Kier molecular flexibility index (Phi) is 4.39. The molecule has 2 amide bonds. The van der Waals surface area contributed by atoms with Crippen molar-refractivity contribution in [1.29, 1.82) is 0 Å². The topological polar surface area (TPSA) is 40.6 Å². The van der Waals surface area contributed by atoms with Gasteiger partial charge >= 0.3 is 0 Å². The van der Waals surface area contributed by atoms with Crippen molar-refractivity contribution < 1.29 is 9.59 Å². The highest BCUT2D eigenvalue weighted by Gasteiger charge is 2.24. The number of alkyl halides is 1. The van der Waals surface area contributed by atoms with Crippen LogP contribution in [0.2, 0.25) is 0 Å². The van der Waals surface area contributed by atoms with Crippen LogP contribution < -0.4 is 0 Å². The largest absolute Gasteiger partial charge is 0.339 e. The number of carbonyl (C=O) groups excluding carboxylic acids is 2. The maximum atomic E-state index is 11.6. The van der Waals surface area contributed by atoms with E-state index < -0.39 is 0 Å². The van der Waals surface area contributed by atoms with Gasteiger partial charge < -0.3 is 9.80 Å². The molecule has 5 heteroatoms. The van der Waals surface area contributed by atoms with E-state index in [1.165, 1.54) is 0 Å². The molecule has 0 atom stereocenters. The number of piperazine rings is 1. The number of nitrogens with zero attached hydrogens (tertiary/aromatic N) is 2. The highest BCUT2D eigenvalue weighted by molar-refractivity contribution is 6.27. The Bertz CT molecular complexity index is 248. The van der Waals surface area contributed by atoms with Gasteiger partial charge in [-0.3, -0.25) is 9.59 Å². The van der Waals surface area contributed by atoms with Gasteiger partial charge in [-0.2, -0.15) is 0 Å². The van der Waals surface area contributed by atoms with Gasteiger partial charge in [0.1, 0.15) is 5.88 Å². The predicted molar refractivity (Wildman–Crippen MR) is 58.7 cm³/mol. The van der Waals surface area contributed by atoms with Crippen molar-refractivity contribution >= 4 is 23.4 Å². The molecule has 1 rings (SSSR count). The van der Waals surface area contributed by atoms with Gasteiger partial charge in [0.05, 0.1) is 0 Å². The van der Waals surface area contributed by atoms with Crippen LogP contribution in [0.4, 0.5) is 0 Å². The maximum Gasteiger partial charge on any atom is 0.237 e. The summed E-state index contributed by atoms with van der Waals surface area (Å²) in [5.41, 5.74) is 0. The number of halogens is 1. The van der Waals surface area contributed by atoms with Crippen LogP contribution in [0.25, 0.3) is 0 Å². The van der Waals surface area contributed by atoms with Crippen molar-refractivity contribution in [1.82, 2.24) is 9.80 Å². The molecule has 0 aromatic carbocycles. The first kappa shape index (κ1) is 12.3. The van der Waals surface area contributed by atoms with Crippen molar-refractivity contribution in [2.24, 2.45) is 5.92 Å². The van der Waals surface area contributed by atoms with E-state index >= 15 is 0 Å². The lowest BCUT2D eigenvalue weighted by atomic mass is 10.1. The molecule has 0 bridgehead atoms. The van der Waals surface area contributed by atoms with Crippen LogP contribution in [0.1, 0.15) is 13.8 Å². The standard InChI is InChI=1S/C10H17ClN2O2/c1-8(2)10(15)13-5-3-12(4-6-13)9(14)7-11/h8H,3-7H2,1-2H3. The molecule has 0 radical (unpaired) electrons. The van der Waals surface area contributed by atoms with E-state index in [1.807, 2.05) is 18.7 Å². The summed E-state index contributed by atoms with van der Waals surface area (Å²) < 4.78 is 0. The molecule has 0 unspecified atom stereocenters. The molecular formula is C10H17ClN2O2. The van der Waals surface area contributed by atoms with E-state index in [0.717, 1.165) is 0 Å². The fourth-order valence-electron chi connectivity index (χ4n) is 1.63. The zero-order valence-corrected chi connectivity index (χ0v) is 9.96. The van der Waals surface area contributed by atoms with Crippen LogP contribution in [0, 0.1) is 5.92 Å². The second-order valence-corrected chi connectivity index (χ2v) is 4.26. The Balaban J connectivity index is 2.42. The quantitative estimate of drug-likeness (QED) is 0.653. The normalized spacial score (nSPS) is 17.1. The average Bonchev–Trinajstić information content (AvgIpc) is 2.27. The molecule has 1 fully saturated rings. The van der Waals surface area contributed by atoms with Gasteiger partial charge in [-0.1, -0.05) is 13.8 Å². The molecule has 1 aliphatic heterocycles. The van der Waals surface area contributed by atoms with E-state index in [-0.39, 0.29) is 23.6 Å². The van der Waals surface area contributed by atoms with Crippen LogP contribution >= 0.6 is 11.6 Å². The summed E-state index contributed by atoms with van der Waals surface area (Å²) in [6.07, 6.45) is 0. The molecule has 1 heterocycles. The molecule has 4 nitrogen and oxygen atoms in total. The van der Waals surface area contributed by atoms with Gasteiger partial charge in [0, 0.05) is 32.1 Å². The van der Waals surface area contributed by atoms with Gasteiger partial charge in [0.25, 0.3) is 0 Å². The fraction of sp³-hybridized carbons (Fsp3) is 0.800. The summed E-state index contributed by atoms with van der Waals surface area (Å²) in [7, 11) is 0. The summed E-state index contributed by atoms with van der Waals surface area (Å²) in [4.78, 5) is 26.4. The first-order valence-corrected chi connectivity index (χ1v) is 5.72. The highest BCUT2D eigenvalue weighted by atomic mass is 35.5. The molecular weight excluding hydrogens is 216 g/mol. The number of carbonyl (C=O) groups is 2. The summed E-state index contributed by atoms with van der Waals surface area (Å²) in [5.74, 6) is 0.166. The number of amides is 2. The lowest BCUT2D eigenvalue weighted by Gasteiger charge is -2.35. The molecule has 1 aliphatic rings. The zero-order chi connectivity index (χ0) is 11.4. The molecule has 0 aromatic heterocycles. The molecule has 86 valence electrons. The summed E-state index contributed by atoms with van der Waals surface area (Å²) in [6, 6.07) is 0. The maximum absolute atomic E-state index is 11.6. The third-order valence-corrected chi connectivity index (χ3v) is 2.78. The summed E-state index contributed by atoms with van der Waals surface area (Å²) >= 11 is 5.46. The fourth-order valence-corrected chi connectivity index (χ4v) is 1.79. The van der Waals surface area contributed by atoms with Crippen LogP contribution in [0.3, 0.4) is 0 Å². The van der Waals surface area contributed by atoms with Crippen LogP contribution in [-0.2, 0) is 9.59 Å². The lowest BCUT2D eigenvalue weighted by Crippen LogP contribution is -2.51. The summed E-state index contributed by atoms with van der Waals surface area (Å²) in [6.45, 7) is 6.23. The van der Waals surface area contributed by atoms with Crippen LogP contribution in [0.15, 0.2) is 0 Å². The summed E-state index contributed by atoms with van der Waals surface area (Å²) in [5, 5.41) is 0. The van der Waals surface area contributed by atoms with E-state index in [1.54, 1.807) is 4.90 Å². The molecule has 0 spiro atoms. The first-order chi connectivity index (χ1) is 7.06. The smallest absolute Gasteiger partial charge is 0.237 e. The van der Waals surface area contributed by atoms with Crippen molar-refractivity contribution in [3.05, 3.63) is 0 Å². The van der Waals surface area contributed by atoms with E-state index in [9.17, 15) is 9.59 Å². The molecule has 0 aliphatic carbocycles. The Labute approximate surface area is 95.2 Å². The monoisotopic (exact) mass is 232 g/mol. The molecule has 15 heavy (non-hydrogen) atoms. The molecule has 0 N–H and O–H groups in total. The predicted octanol–water partition coefficient (Wildman–Crippen LogP) is 0.552. The lowest BCUT2D eigenvalue weighted by molar-refractivity contribution is -0.140. The van der Waals surface area contributed by atoms with Crippen LogP contribution in [-0.4, -0.2) is 53.7 Å². The third kappa shape index (κ3) is 3.09. The van der Waals surface area contributed by atoms with Gasteiger partial charge in [-0.05, 0) is 0 Å². The van der Waals surface area contributed by atoms with Crippen molar-refractivity contribution in [2.45, 2.75) is 13.8 Å². The number of hydrogen-bond acceptors (Lipinski definition) is 2. The Morgan fingerprint density at radius 2 is 1.60 bits per heavy atom. The van der Waals surface area contributed by atoms with Crippen molar-refractivity contribution in [2.75, 3.05) is 32.1 Å². The van der Waals surface area contributed by atoms with Gasteiger partial charge in [0.2, 0.25) is 11.8 Å². The minimum atomic E-state index is -0.0479. The minimum Gasteiger partial charge on any atom is -0.339 e. The number of hydrogen-bond donors (Lipinski definition) is 0. The van der Waals surface area contributed by atoms with E-state index in [2.05, 4.69) is 0 Å². The van der Waals surface area contributed by atoms with E-state index in [4.69, 9.17) is 11.6 Å². The highest BCUT2D eigenvalue weighted by Crippen LogP contribution is 2.07. The Morgan fingerprint density at radius 1 is 1.13 bits per heavy atom. The zero-order valence-electron chi connectivity index (χ0n) is 9.20. The molecule has 0 saturated carbocycles. The molecule has 0 aromatic rings. The van der Waals surface area contributed by atoms with Crippen molar-refractivity contribution in [3.63, 3.8) is 0 Å². The van der Waals surface area contributed by atoms with Gasteiger partial charge in [-0.25, -0.2) is 0 Å². The second-order valence-electron chi connectivity index (χ2n) is 3.99. The first-order valence-electron chi connectivity index (χ1n) is 5.18. The number of rotatable bonds is 2. The Hall–Kier alpha value is -0.770. The minimum absolute atomic E-state index is 0.0259. The van der Waals surface area contributed by atoms with Crippen molar-refractivity contribution in [3.8, 4) is 0 Å². The second kappa shape index (κ2) is 5.35. The Morgan fingerprint density at radius 3 is 2.00 bits per heavy atom. The van der Waals surface area contributed by atoms with Gasteiger partial charge in [-0.15, -0.1) is 11.6 Å². The average molecular weight is 233 g/mol. The third-order valence-electron chi connectivity index (χ3n) is 2.55. The molecule has 1 saturated heterocycles. The SMILES string of the molecule is CC(C)C(=O)N1CCN(C(=O)CCl)CC1.